The molecule has 0 atom stereocenters. The molecule has 0 aliphatic carbocycles. The summed E-state index contributed by atoms with van der Waals surface area (Å²) in [7, 11) is 1.83. The Labute approximate surface area is 107 Å². The number of nitrogen functional groups attached to an aromatic ring is 1. The van der Waals surface area contributed by atoms with Crippen LogP contribution in [-0.4, -0.2) is 12.0 Å². The van der Waals surface area contributed by atoms with Crippen molar-refractivity contribution in [2.45, 2.75) is 13.3 Å². The lowest BCUT2D eigenvalue weighted by atomic mass is 10.2. The number of nitrogens with zero attached hydrogens (tertiary/aromatic N) is 1. The Hall–Kier alpha value is -2.23. The van der Waals surface area contributed by atoms with Gasteiger partial charge in [-0.3, -0.25) is 4.98 Å². The van der Waals surface area contributed by atoms with Crippen LogP contribution in [0.2, 0.25) is 0 Å². The highest BCUT2D eigenvalue weighted by molar-refractivity contribution is 5.68. The minimum Gasteiger partial charge on any atom is -0.456 e. The van der Waals surface area contributed by atoms with Crippen molar-refractivity contribution < 1.29 is 4.74 Å². The Bertz CT molecular complexity index is 540. The minimum atomic E-state index is 0.699. The summed E-state index contributed by atoms with van der Waals surface area (Å²) in [6.07, 6.45) is 4.48. The first-order valence-electron chi connectivity index (χ1n) is 5.92. The first-order chi connectivity index (χ1) is 8.72. The molecule has 0 saturated carbocycles. The first kappa shape index (κ1) is 12.2. The Morgan fingerprint density at radius 3 is 2.78 bits per heavy atom. The maximum absolute atomic E-state index is 5.81. The van der Waals surface area contributed by atoms with E-state index in [1.807, 2.05) is 37.5 Å². The van der Waals surface area contributed by atoms with Gasteiger partial charge in [-0.25, -0.2) is 0 Å². The van der Waals surface area contributed by atoms with Crippen molar-refractivity contribution in [2.75, 3.05) is 18.1 Å². The largest absolute Gasteiger partial charge is 0.456 e. The van der Waals surface area contributed by atoms with Gasteiger partial charge in [0.15, 0.2) is 0 Å². The summed E-state index contributed by atoms with van der Waals surface area (Å²) in [5, 5.41) is 3.02. The molecule has 0 aliphatic rings. The number of anilines is 2. The summed E-state index contributed by atoms with van der Waals surface area (Å²) in [5.41, 5.74) is 8.51. The molecule has 4 nitrogen and oxygen atoms in total. The monoisotopic (exact) mass is 243 g/mol. The zero-order valence-corrected chi connectivity index (χ0v) is 10.6. The third kappa shape index (κ3) is 2.71. The minimum absolute atomic E-state index is 0.699. The van der Waals surface area contributed by atoms with Crippen LogP contribution >= 0.6 is 0 Å². The van der Waals surface area contributed by atoms with Gasteiger partial charge in [-0.2, -0.15) is 0 Å². The van der Waals surface area contributed by atoms with Gasteiger partial charge in [-0.1, -0.05) is 6.92 Å². The van der Waals surface area contributed by atoms with Crippen LogP contribution in [0.5, 0.6) is 11.5 Å². The van der Waals surface area contributed by atoms with E-state index < -0.39 is 0 Å². The summed E-state index contributed by atoms with van der Waals surface area (Å²) in [6.45, 7) is 2.09. The van der Waals surface area contributed by atoms with E-state index in [0.29, 0.717) is 5.69 Å². The van der Waals surface area contributed by atoms with Crippen LogP contribution in [0.25, 0.3) is 0 Å². The van der Waals surface area contributed by atoms with E-state index in [-0.39, 0.29) is 0 Å². The summed E-state index contributed by atoms with van der Waals surface area (Å²) in [5.74, 6) is 1.48. The second-order valence-electron chi connectivity index (χ2n) is 3.98. The highest BCUT2D eigenvalue weighted by Gasteiger charge is 2.02. The number of aryl methyl sites for hydroxylation is 1. The molecule has 18 heavy (non-hydrogen) atoms. The molecule has 0 radical (unpaired) electrons. The van der Waals surface area contributed by atoms with E-state index in [4.69, 9.17) is 10.5 Å². The standard InChI is InChI=1S/C14H17N3O/c1-3-10-6-12(9-17-8-10)18-11-4-5-13(15)14(7-11)16-2/h4-9,16H,3,15H2,1-2H3. The van der Waals surface area contributed by atoms with Crippen LogP contribution in [-0.2, 0) is 6.42 Å². The van der Waals surface area contributed by atoms with Crippen LogP contribution in [0, 0.1) is 0 Å². The average molecular weight is 243 g/mol. The van der Waals surface area contributed by atoms with Gasteiger partial charge in [-0.05, 0) is 30.2 Å². The normalized spacial score (nSPS) is 10.1. The van der Waals surface area contributed by atoms with Crippen molar-refractivity contribution in [1.82, 2.24) is 4.98 Å². The van der Waals surface area contributed by atoms with Crippen molar-refractivity contribution in [3.63, 3.8) is 0 Å². The van der Waals surface area contributed by atoms with Gasteiger partial charge in [0.1, 0.15) is 11.5 Å². The van der Waals surface area contributed by atoms with Gasteiger partial charge >= 0.3 is 0 Å². The molecule has 0 amide bonds. The Balaban J connectivity index is 2.22. The smallest absolute Gasteiger partial charge is 0.145 e. The van der Waals surface area contributed by atoms with E-state index in [2.05, 4.69) is 17.2 Å². The zero-order valence-electron chi connectivity index (χ0n) is 10.6. The molecule has 2 aromatic rings. The highest BCUT2D eigenvalue weighted by Crippen LogP contribution is 2.28. The van der Waals surface area contributed by atoms with Crippen molar-refractivity contribution >= 4 is 11.4 Å². The highest BCUT2D eigenvalue weighted by atomic mass is 16.5. The third-order valence-electron chi connectivity index (χ3n) is 2.71. The number of hydrogen-bond donors (Lipinski definition) is 2. The van der Waals surface area contributed by atoms with Crippen LogP contribution in [0.1, 0.15) is 12.5 Å². The quantitative estimate of drug-likeness (QED) is 0.810. The molecular weight excluding hydrogens is 226 g/mol. The summed E-state index contributed by atoms with van der Waals surface area (Å²) in [4.78, 5) is 4.15. The predicted octanol–water partition coefficient (Wildman–Crippen LogP) is 3.06. The summed E-state index contributed by atoms with van der Waals surface area (Å²) < 4.78 is 5.76. The zero-order chi connectivity index (χ0) is 13.0. The number of nitrogens with two attached hydrogens (primary N) is 1. The topological polar surface area (TPSA) is 60.2 Å². The number of benzene rings is 1. The number of hydrogen-bond acceptors (Lipinski definition) is 4. The van der Waals surface area contributed by atoms with Crippen molar-refractivity contribution in [3.05, 3.63) is 42.2 Å². The lowest BCUT2D eigenvalue weighted by Gasteiger charge is -2.10. The number of rotatable bonds is 4. The molecule has 0 spiro atoms. The molecule has 3 N–H and O–H groups in total. The summed E-state index contributed by atoms with van der Waals surface area (Å²) >= 11 is 0. The first-order valence-corrected chi connectivity index (χ1v) is 5.92. The fourth-order valence-electron chi connectivity index (χ4n) is 1.66. The van der Waals surface area contributed by atoms with Gasteiger partial charge in [0.05, 0.1) is 17.6 Å². The molecule has 94 valence electrons. The SMILES string of the molecule is CCc1cncc(Oc2ccc(N)c(NC)c2)c1. The Morgan fingerprint density at radius 1 is 1.22 bits per heavy atom. The fraction of sp³-hybridized carbons (Fsp3) is 0.214. The van der Waals surface area contributed by atoms with Gasteiger partial charge < -0.3 is 15.8 Å². The molecule has 0 unspecified atom stereocenters. The molecule has 2 rings (SSSR count). The third-order valence-corrected chi connectivity index (χ3v) is 2.71. The van der Waals surface area contributed by atoms with E-state index in [0.717, 1.165) is 29.2 Å². The predicted molar refractivity (Wildman–Crippen MR) is 74.1 cm³/mol. The molecule has 1 aromatic heterocycles. The Morgan fingerprint density at radius 2 is 2.06 bits per heavy atom. The molecule has 0 bridgehead atoms. The van der Waals surface area contributed by atoms with Crippen LogP contribution in [0.4, 0.5) is 11.4 Å². The molecule has 0 fully saturated rings. The molecule has 0 aliphatic heterocycles. The van der Waals surface area contributed by atoms with E-state index in [9.17, 15) is 0 Å². The van der Waals surface area contributed by atoms with Crippen molar-refractivity contribution in [2.24, 2.45) is 0 Å². The lowest BCUT2D eigenvalue weighted by molar-refractivity contribution is 0.480. The van der Waals surface area contributed by atoms with E-state index >= 15 is 0 Å². The summed E-state index contributed by atoms with van der Waals surface area (Å²) in [6, 6.07) is 7.52. The van der Waals surface area contributed by atoms with Crippen LogP contribution < -0.4 is 15.8 Å². The van der Waals surface area contributed by atoms with E-state index in [1.54, 1.807) is 6.20 Å². The van der Waals surface area contributed by atoms with Crippen LogP contribution in [0.15, 0.2) is 36.7 Å². The molecule has 1 aromatic carbocycles. The van der Waals surface area contributed by atoms with Gasteiger partial charge in [0, 0.05) is 19.3 Å². The van der Waals surface area contributed by atoms with Gasteiger partial charge in [0.2, 0.25) is 0 Å². The number of ether oxygens (including phenoxy) is 1. The second kappa shape index (κ2) is 5.40. The van der Waals surface area contributed by atoms with Gasteiger partial charge in [0.25, 0.3) is 0 Å². The van der Waals surface area contributed by atoms with Crippen molar-refractivity contribution in [1.29, 1.82) is 0 Å². The lowest BCUT2D eigenvalue weighted by Crippen LogP contribution is -1.96. The van der Waals surface area contributed by atoms with Gasteiger partial charge in [-0.15, -0.1) is 0 Å². The van der Waals surface area contributed by atoms with E-state index in [1.165, 1.54) is 0 Å². The second-order valence-corrected chi connectivity index (χ2v) is 3.98. The number of pyridine rings is 1. The maximum Gasteiger partial charge on any atom is 0.145 e. The fourth-order valence-corrected chi connectivity index (χ4v) is 1.66. The number of nitrogens with one attached hydrogen (secondary N) is 1. The molecule has 4 heteroatoms. The molecule has 1 heterocycles. The molecular formula is C14H17N3O. The Kier molecular flexibility index (Phi) is 3.67. The average Bonchev–Trinajstić information content (AvgIpc) is 2.41. The molecule has 0 saturated heterocycles. The maximum atomic E-state index is 5.81. The van der Waals surface area contributed by atoms with Crippen LogP contribution in [0.3, 0.4) is 0 Å². The number of aromatic nitrogens is 1. The van der Waals surface area contributed by atoms with Crippen molar-refractivity contribution in [3.8, 4) is 11.5 Å².